The zero-order valence-corrected chi connectivity index (χ0v) is 20.4. The summed E-state index contributed by atoms with van der Waals surface area (Å²) in [6.45, 7) is -2.63. The van der Waals surface area contributed by atoms with Crippen LogP contribution in [0, 0.1) is 0 Å². The maximum absolute atomic E-state index is 13.3. The molecule has 3 aliphatic rings. The van der Waals surface area contributed by atoms with Crippen LogP contribution in [0.1, 0.15) is 48.3 Å². The van der Waals surface area contributed by atoms with E-state index in [2.05, 4.69) is 29.0 Å². The van der Waals surface area contributed by atoms with Crippen LogP contribution in [-0.4, -0.2) is 47.0 Å². The van der Waals surface area contributed by atoms with E-state index < -0.39 is 12.2 Å². The fourth-order valence-electron chi connectivity index (χ4n) is 6.65. The number of hydrogen-bond donors (Lipinski definition) is 1. The average Bonchev–Trinajstić information content (AvgIpc) is 3.34. The summed E-state index contributed by atoms with van der Waals surface area (Å²) in [5, 5.41) is 11.4. The van der Waals surface area contributed by atoms with E-state index in [-0.39, 0.29) is 36.5 Å². The Morgan fingerprint density at radius 3 is 2.19 bits per heavy atom. The van der Waals surface area contributed by atoms with Gasteiger partial charge in [-0.2, -0.15) is 8.78 Å². The van der Waals surface area contributed by atoms with Crippen LogP contribution in [0.15, 0.2) is 72.8 Å². The molecular weight excluding hydrogens is 476 g/mol. The number of halogens is 2. The highest BCUT2D eigenvalue weighted by Crippen LogP contribution is 2.46. The molecule has 0 radical (unpaired) electrons. The maximum Gasteiger partial charge on any atom is 0.410 e. The van der Waals surface area contributed by atoms with Gasteiger partial charge in [0.25, 0.3) is 0 Å². The molecule has 0 saturated carbocycles. The van der Waals surface area contributed by atoms with Crippen molar-refractivity contribution in [2.45, 2.75) is 62.3 Å². The van der Waals surface area contributed by atoms with Gasteiger partial charge in [-0.1, -0.05) is 60.7 Å². The Morgan fingerprint density at radius 2 is 1.57 bits per heavy atom. The minimum atomic E-state index is -2.89. The van der Waals surface area contributed by atoms with E-state index in [1.165, 1.54) is 28.3 Å². The predicted molar refractivity (Wildman–Crippen MR) is 135 cm³/mol. The smallest absolute Gasteiger partial charge is 0.410 e. The lowest BCUT2D eigenvalue weighted by Gasteiger charge is -2.43. The van der Waals surface area contributed by atoms with E-state index in [0.717, 1.165) is 18.4 Å². The van der Waals surface area contributed by atoms with E-state index in [1.807, 2.05) is 29.2 Å². The van der Waals surface area contributed by atoms with Crippen LogP contribution in [0.5, 0.6) is 5.75 Å². The molecule has 3 aromatic rings. The van der Waals surface area contributed by atoms with Gasteiger partial charge < -0.3 is 19.5 Å². The molecule has 37 heavy (non-hydrogen) atoms. The summed E-state index contributed by atoms with van der Waals surface area (Å²) in [6.07, 6.45) is 2.46. The summed E-state index contributed by atoms with van der Waals surface area (Å²) in [4.78, 5) is 15.1. The second kappa shape index (κ2) is 9.45. The zero-order chi connectivity index (χ0) is 25.6. The first-order valence-corrected chi connectivity index (χ1v) is 12.8. The maximum atomic E-state index is 13.3. The van der Waals surface area contributed by atoms with Crippen LogP contribution in [0.25, 0.3) is 11.1 Å². The van der Waals surface area contributed by atoms with Crippen LogP contribution in [-0.2, 0) is 11.2 Å². The molecule has 1 amide bonds. The van der Waals surface area contributed by atoms with Gasteiger partial charge in [-0.15, -0.1) is 0 Å². The van der Waals surface area contributed by atoms with Crippen molar-refractivity contribution >= 4 is 6.09 Å². The van der Waals surface area contributed by atoms with Gasteiger partial charge in [-0.05, 0) is 65.6 Å². The summed E-state index contributed by atoms with van der Waals surface area (Å²) in [6, 6.07) is 22.7. The molecule has 2 saturated heterocycles. The molecule has 2 atom stereocenters. The molecule has 192 valence electrons. The molecule has 2 bridgehead atoms. The quantitative estimate of drug-likeness (QED) is 0.437. The van der Waals surface area contributed by atoms with Gasteiger partial charge >= 0.3 is 12.7 Å². The lowest BCUT2D eigenvalue weighted by molar-refractivity contribution is -0.0505. The molecule has 2 fully saturated rings. The summed E-state index contributed by atoms with van der Waals surface area (Å²) >= 11 is 0. The third-order valence-corrected chi connectivity index (χ3v) is 8.05. The van der Waals surface area contributed by atoms with Crippen LogP contribution < -0.4 is 4.74 Å². The van der Waals surface area contributed by atoms with Crippen molar-refractivity contribution in [3.8, 4) is 16.9 Å². The third-order valence-electron chi connectivity index (χ3n) is 8.05. The van der Waals surface area contributed by atoms with Crippen LogP contribution >= 0.6 is 0 Å². The molecule has 3 aromatic carbocycles. The first-order chi connectivity index (χ1) is 17.9. The first-order valence-electron chi connectivity index (χ1n) is 12.8. The lowest BCUT2D eigenvalue weighted by atomic mass is 9.81. The minimum absolute atomic E-state index is 0.00143. The Labute approximate surface area is 214 Å². The van der Waals surface area contributed by atoms with E-state index in [0.29, 0.717) is 19.3 Å². The van der Waals surface area contributed by atoms with Gasteiger partial charge in [0.15, 0.2) is 0 Å². The highest BCUT2D eigenvalue weighted by atomic mass is 19.3. The average molecular weight is 506 g/mol. The van der Waals surface area contributed by atoms with E-state index in [1.54, 1.807) is 18.2 Å². The number of benzene rings is 3. The Hall–Kier alpha value is -3.45. The number of aliphatic hydroxyl groups is 1. The molecule has 1 N–H and O–H groups in total. The van der Waals surface area contributed by atoms with Crippen LogP contribution in [0.3, 0.4) is 0 Å². The van der Waals surface area contributed by atoms with Crippen LogP contribution in [0.2, 0.25) is 0 Å². The molecule has 0 spiro atoms. The fourth-order valence-corrected chi connectivity index (χ4v) is 6.65. The number of rotatable bonds is 6. The van der Waals surface area contributed by atoms with Crippen molar-refractivity contribution in [3.05, 3.63) is 89.5 Å². The summed E-state index contributed by atoms with van der Waals surface area (Å²) in [5.74, 6) is 0.0774. The van der Waals surface area contributed by atoms with Gasteiger partial charge in [-0.25, -0.2) is 4.79 Å². The summed E-state index contributed by atoms with van der Waals surface area (Å²) in [7, 11) is 0. The van der Waals surface area contributed by atoms with E-state index in [4.69, 9.17) is 4.74 Å². The first kappa shape index (κ1) is 23.9. The number of alkyl halides is 2. The topological polar surface area (TPSA) is 59.0 Å². The second-order valence-corrected chi connectivity index (χ2v) is 10.4. The van der Waals surface area contributed by atoms with Gasteiger partial charge in [0.05, 0.1) is 5.60 Å². The number of ether oxygens (including phenoxy) is 2. The predicted octanol–water partition coefficient (Wildman–Crippen LogP) is 6.14. The Bertz CT molecular complexity index is 1250. The number of hydrogen-bond acceptors (Lipinski definition) is 4. The van der Waals surface area contributed by atoms with E-state index in [9.17, 15) is 18.7 Å². The molecule has 7 heteroatoms. The van der Waals surface area contributed by atoms with Crippen molar-refractivity contribution < 1.29 is 28.2 Å². The molecular formula is C30H29F2NO4. The molecule has 1 aliphatic carbocycles. The standard InChI is InChI=1S/C30H29F2NO4/c31-28(32)37-22-7-5-6-19(14-22)15-30(35)16-20-12-13-21(17-30)33(20)29(34)36-18-27-25-10-3-1-8-23(25)24-9-2-4-11-26(24)27/h1-11,14,20-21,27-28,35H,12-13,15-18H2. The number of amides is 1. The highest BCUT2D eigenvalue weighted by molar-refractivity contribution is 5.79. The summed E-state index contributed by atoms with van der Waals surface area (Å²) in [5.41, 5.74) is 4.43. The van der Waals surface area contributed by atoms with Crippen molar-refractivity contribution in [2.75, 3.05) is 6.61 Å². The van der Waals surface area contributed by atoms with E-state index >= 15 is 0 Å². The second-order valence-electron chi connectivity index (χ2n) is 10.4. The minimum Gasteiger partial charge on any atom is -0.448 e. The Balaban J connectivity index is 1.12. The van der Waals surface area contributed by atoms with Gasteiger partial charge in [0.2, 0.25) is 0 Å². The van der Waals surface area contributed by atoms with Crippen molar-refractivity contribution in [1.29, 1.82) is 0 Å². The Kier molecular flexibility index (Phi) is 6.11. The monoisotopic (exact) mass is 505 g/mol. The SMILES string of the molecule is O=C(OCC1c2ccccc2-c2ccccc21)N1C2CCC1CC(O)(Cc1cccc(OC(F)F)c1)C2. The van der Waals surface area contributed by atoms with Crippen LogP contribution in [0.4, 0.5) is 13.6 Å². The Morgan fingerprint density at radius 1 is 0.946 bits per heavy atom. The van der Waals surface area contributed by atoms with Crippen molar-refractivity contribution in [3.63, 3.8) is 0 Å². The van der Waals surface area contributed by atoms with Crippen molar-refractivity contribution in [1.82, 2.24) is 4.90 Å². The van der Waals surface area contributed by atoms with Gasteiger partial charge in [-0.3, -0.25) is 0 Å². The highest BCUT2D eigenvalue weighted by Gasteiger charge is 2.50. The number of nitrogens with zero attached hydrogens (tertiary/aromatic N) is 1. The zero-order valence-electron chi connectivity index (χ0n) is 20.4. The molecule has 2 heterocycles. The van der Waals surface area contributed by atoms with Gasteiger partial charge in [0.1, 0.15) is 12.4 Å². The number of carbonyl (C=O) groups is 1. The fraction of sp³-hybridized carbons (Fsp3) is 0.367. The summed E-state index contributed by atoms with van der Waals surface area (Å²) < 4.78 is 35.6. The molecule has 2 aliphatic heterocycles. The molecule has 5 nitrogen and oxygen atoms in total. The number of piperidine rings is 1. The third kappa shape index (κ3) is 4.57. The molecule has 2 unspecified atom stereocenters. The normalized spacial score (nSPS) is 24.2. The number of fused-ring (bicyclic) bond motifs is 5. The number of carbonyl (C=O) groups excluding carboxylic acids is 1. The largest absolute Gasteiger partial charge is 0.448 e. The van der Waals surface area contributed by atoms with Crippen molar-refractivity contribution in [2.24, 2.45) is 0 Å². The van der Waals surface area contributed by atoms with Gasteiger partial charge in [0, 0.05) is 24.4 Å². The molecule has 6 rings (SSSR count). The lowest BCUT2D eigenvalue weighted by Crippen LogP contribution is -2.54. The molecule has 0 aromatic heterocycles.